The normalized spacial score (nSPS) is 18.2. The maximum Gasteiger partial charge on any atom is 0.213 e. The molecule has 13 heavy (non-hydrogen) atoms. The minimum absolute atomic E-state index is 0.0942. The van der Waals surface area contributed by atoms with Gasteiger partial charge in [0.05, 0.1) is 17.4 Å². The van der Waals surface area contributed by atoms with Crippen LogP contribution in [-0.2, 0) is 0 Å². The number of hydrogen-bond acceptors (Lipinski definition) is 4. The van der Waals surface area contributed by atoms with Crippen LogP contribution >= 0.6 is 0 Å². The number of aromatic nitrogens is 1. The second-order valence-corrected chi connectivity index (χ2v) is 3.58. The molecule has 4 heteroatoms. The Morgan fingerprint density at radius 3 is 2.77 bits per heavy atom. The van der Waals surface area contributed by atoms with Crippen LogP contribution in [0.3, 0.4) is 0 Å². The van der Waals surface area contributed by atoms with Gasteiger partial charge >= 0.3 is 0 Å². The molecule has 0 amide bonds. The number of hydrogen-bond donors (Lipinski definition) is 2. The van der Waals surface area contributed by atoms with Crippen LogP contribution in [0.4, 0.5) is 5.69 Å². The molecule has 1 aliphatic carbocycles. The van der Waals surface area contributed by atoms with Crippen LogP contribution in [0, 0.1) is 0 Å². The molecule has 0 spiro atoms. The van der Waals surface area contributed by atoms with E-state index in [1.54, 1.807) is 18.3 Å². The largest absolute Gasteiger partial charge is 0.476 e. The quantitative estimate of drug-likeness (QED) is 0.710. The predicted octanol–water partition coefficient (Wildman–Crippen LogP) is 0.534. The van der Waals surface area contributed by atoms with E-state index in [2.05, 4.69) is 4.98 Å². The van der Waals surface area contributed by atoms with Crippen molar-refractivity contribution in [3.05, 3.63) is 18.3 Å². The summed E-state index contributed by atoms with van der Waals surface area (Å²) in [7, 11) is 0. The Kier molecular flexibility index (Phi) is 1.84. The molecule has 1 heterocycles. The van der Waals surface area contributed by atoms with E-state index in [4.69, 9.17) is 16.2 Å². The zero-order valence-electron chi connectivity index (χ0n) is 7.36. The van der Waals surface area contributed by atoms with Gasteiger partial charge in [0, 0.05) is 6.07 Å². The second kappa shape index (κ2) is 2.88. The van der Waals surface area contributed by atoms with Gasteiger partial charge in [-0.25, -0.2) is 4.98 Å². The summed E-state index contributed by atoms with van der Waals surface area (Å²) in [6, 6.07) is 3.51. The molecule has 0 radical (unpaired) electrons. The van der Waals surface area contributed by atoms with Crippen molar-refractivity contribution in [3.63, 3.8) is 0 Å². The van der Waals surface area contributed by atoms with E-state index in [0.717, 1.165) is 12.8 Å². The van der Waals surface area contributed by atoms with Crippen LogP contribution < -0.4 is 16.2 Å². The van der Waals surface area contributed by atoms with E-state index >= 15 is 0 Å². The fraction of sp³-hybridized carbons (Fsp3) is 0.444. The molecule has 1 fully saturated rings. The molecule has 0 saturated heterocycles. The lowest BCUT2D eigenvalue weighted by Gasteiger charge is -2.09. The second-order valence-electron chi connectivity index (χ2n) is 3.58. The van der Waals surface area contributed by atoms with Crippen molar-refractivity contribution >= 4 is 5.69 Å². The molecule has 0 aliphatic heterocycles. The first-order chi connectivity index (χ1) is 6.18. The van der Waals surface area contributed by atoms with Crippen LogP contribution in [0.1, 0.15) is 12.8 Å². The number of anilines is 1. The first-order valence-electron chi connectivity index (χ1n) is 4.31. The SMILES string of the molecule is Nc1ccc(OCC2(N)CC2)nc1. The van der Waals surface area contributed by atoms with Gasteiger partial charge in [-0.3, -0.25) is 0 Å². The third kappa shape index (κ3) is 2.09. The zero-order chi connectivity index (χ0) is 9.31. The molecule has 1 aliphatic rings. The first-order valence-corrected chi connectivity index (χ1v) is 4.31. The monoisotopic (exact) mass is 179 g/mol. The number of nitrogens with two attached hydrogens (primary N) is 2. The Morgan fingerprint density at radius 2 is 2.23 bits per heavy atom. The molecule has 0 unspecified atom stereocenters. The van der Waals surface area contributed by atoms with Crippen molar-refractivity contribution in [1.29, 1.82) is 0 Å². The summed E-state index contributed by atoms with van der Waals surface area (Å²) in [5.41, 5.74) is 11.9. The van der Waals surface area contributed by atoms with Crippen molar-refractivity contribution in [1.82, 2.24) is 4.98 Å². The Bertz CT molecular complexity index is 292. The maximum absolute atomic E-state index is 5.85. The van der Waals surface area contributed by atoms with Crippen LogP contribution in [0.15, 0.2) is 18.3 Å². The summed E-state index contributed by atoms with van der Waals surface area (Å²) < 4.78 is 5.40. The topological polar surface area (TPSA) is 74.2 Å². The van der Waals surface area contributed by atoms with Gasteiger partial charge in [0.2, 0.25) is 5.88 Å². The van der Waals surface area contributed by atoms with E-state index in [0.29, 0.717) is 18.2 Å². The molecule has 70 valence electrons. The van der Waals surface area contributed by atoms with Crippen LogP contribution in [0.5, 0.6) is 5.88 Å². The van der Waals surface area contributed by atoms with Crippen molar-refractivity contribution in [2.75, 3.05) is 12.3 Å². The van der Waals surface area contributed by atoms with Gasteiger partial charge < -0.3 is 16.2 Å². The molecule has 0 bridgehead atoms. The lowest BCUT2D eigenvalue weighted by molar-refractivity contribution is 0.269. The molecule has 4 nitrogen and oxygen atoms in total. The Morgan fingerprint density at radius 1 is 1.46 bits per heavy atom. The fourth-order valence-corrected chi connectivity index (χ4v) is 1.000. The highest BCUT2D eigenvalue weighted by atomic mass is 16.5. The van der Waals surface area contributed by atoms with Gasteiger partial charge in [0.15, 0.2) is 0 Å². The van der Waals surface area contributed by atoms with Gasteiger partial charge in [-0.05, 0) is 18.9 Å². The highest BCUT2D eigenvalue weighted by Gasteiger charge is 2.39. The molecule has 1 saturated carbocycles. The number of ether oxygens (including phenoxy) is 1. The van der Waals surface area contributed by atoms with E-state index in [-0.39, 0.29) is 5.54 Å². The van der Waals surface area contributed by atoms with E-state index in [1.807, 2.05) is 0 Å². The van der Waals surface area contributed by atoms with Crippen molar-refractivity contribution in [3.8, 4) is 5.88 Å². The Balaban J connectivity index is 1.91. The standard InChI is InChI=1S/C9H13N3O/c10-7-1-2-8(12-5-7)13-6-9(11)3-4-9/h1-2,5H,3-4,6,10-11H2. The molecule has 4 N–H and O–H groups in total. The minimum Gasteiger partial charge on any atom is -0.476 e. The molecule has 0 aromatic carbocycles. The van der Waals surface area contributed by atoms with Crippen molar-refractivity contribution in [2.45, 2.75) is 18.4 Å². The third-order valence-corrected chi connectivity index (χ3v) is 2.16. The number of nitrogen functional groups attached to an aromatic ring is 1. The lowest BCUT2D eigenvalue weighted by atomic mass is 10.3. The summed E-state index contributed by atoms with van der Waals surface area (Å²) >= 11 is 0. The number of nitrogens with zero attached hydrogens (tertiary/aromatic N) is 1. The average molecular weight is 179 g/mol. The number of rotatable bonds is 3. The van der Waals surface area contributed by atoms with Gasteiger partial charge in [-0.1, -0.05) is 0 Å². The van der Waals surface area contributed by atoms with Crippen LogP contribution in [-0.4, -0.2) is 17.1 Å². The smallest absolute Gasteiger partial charge is 0.213 e. The third-order valence-electron chi connectivity index (χ3n) is 2.16. The van der Waals surface area contributed by atoms with E-state index in [1.165, 1.54) is 0 Å². The average Bonchev–Trinajstić information content (AvgIpc) is 2.84. The highest BCUT2D eigenvalue weighted by molar-refractivity contribution is 5.36. The van der Waals surface area contributed by atoms with Gasteiger partial charge in [-0.2, -0.15) is 0 Å². The maximum atomic E-state index is 5.85. The van der Waals surface area contributed by atoms with Gasteiger partial charge in [0.25, 0.3) is 0 Å². The zero-order valence-corrected chi connectivity index (χ0v) is 7.36. The van der Waals surface area contributed by atoms with Crippen molar-refractivity contribution in [2.24, 2.45) is 5.73 Å². The highest BCUT2D eigenvalue weighted by Crippen LogP contribution is 2.32. The minimum atomic E-state index is -0.0942. The summed E-state index contributed by atoms with van der Waals surface area (Å²) in [4.78, 5) is 4.01. The first kappa shape index (κ1) is 8.31. The summed E-state index contributed by atoms with van der Waals surface area (Å²) in [6.07, 6.45) is 3.66. The summed E-state index contributed by atoms with van der Waals surface area (Å²) in [5.74, 6) is 0.589. The summed E-state index contributed by atoms with van der Waals surface area (Å²) in [5, 5.41) is 0. The molecular formula is C9H13N3O. The van der Waals surface area contributed by atoms with Crippen LogP contribution in [0.25, 0.3) is 0 Å². The van der Waals surface area contributed by atoms with Crippen LogP contribution in [0.2, 0.25) is 0 Å². The van der Waals surface area contributed by atoms with E-state index in [9.17, 15) is 0 Å². The molecule has 2 rings (SSSR count). The Labute approximate surface area is 76.9 Å². The predicted molar refractivity (Wildman–Crippen MR) is 50.3 cm³/mol. The Hall–Kier alpha value is -1.29. The molecule has 1 aromatic rings. The fourth-order valence-electron chi connectivity index (χ4n) is 1.000. The molecule has 0 atom stereocenters. The lowest BCUT2D eigenvalue weighted by Crippen LogP contribution is -2.29. The van der Waals surface area contributed by atoms with Gasteiger partial charge in [-0.15, -0.1) is 0 Å². The molecular weight excluding hydrogens is 166 g/mol. The van der Waals surface area contributed by atoms with Gasteiger partial charge in [0.1, 0.15) is 6.61 Å². The number of pyridine rings is 1. The van der Waals surface area contributed by atoms with E-state index < -0.39 is 0 Å². The van der Waals surface area contributed by atoms with Crippen molar-refractivity contribution < 1.29 is 4.74 Å². The summed E-state index contributed by atoms with van der Waals surface area (Å²) in [6.45, 7) is 0.546. The molecule has 1 aromatic heterocycles.